The number of nitrogens with one attached hydrogen (secondary N) is 2. The molecule has 0 unspecified atom stereocenters. The summed E-state index contributed by atoms with van der Waals surface area (Å²) in [6.07, 6.45) is 0.465. The van der Waals surface area contributed by atoms with Crippen LogP contribution in [0.1, 0.15) is 19.2 Å². The van der Waals surface area contributed by atoms with Crippen LogP contribution in [0.3, 0.4) is 0 Å². The Bertz CT molecular complexity index is 710. The minimum atomic E-state index is -0.113. The fraction of sp³-hybridized carbons (Fsp3) is 0.333. The van der Waals surface area contributed by atoms with Gasteiger partial charge in [0.1, 0.15) is 5.82 Å². The molecule has 0 radical (unpaired) electrons. The van der Waals surface area contributed by atoms with Crippen LogP contribution in [0.15, 0.2) is 34.3 Å². The Balaban J connectivity index is 1.93. The number of nitriles is 1. The molecule has 0 fully saturated rings. The minimum absolute atomic E-state index is 0.113. The van der Waals surface area contributed by atoms with Crippen LogP contribution in [-0.2, 0) is 4.79 Å². The smallest absolute Gasteiger partial charge is 0.234 e. The van der Waals surface area contributed by atoms with Gasteiger partial charge in [-0.3, -0.25) is 9.89 Å². The lowest BCUT2D eigenvalue weighted by molar-refractivity contribution is -0.113. The number of aryl methyl sites for hydroxylation is 1. The van der Waals surface area contributed by atoms with Crippen LogP contribution in [0.25, 0.3) is 0 Å². The molecule has 2 aromatic rings. The molecule has 2 rings (SSSR count). The number of aromatic amines is 1. The maximum absolute atomic E-state index is 12.1. The first kappa shape index (κ1) is 17.4. The van der Waals surface area contributed by atoms with Gasteiger partial charge in [-0.05, 0) is 19.1 Å². The maximum Gasteiger partial charge on any atom is 0.234 e. The highest BCUT2D eigenvalue weighted by Gasteiger charge is 2.11. The quantitative estimate of drug-likeness (QED) is 0.747. The van der Waals surface area contributed by atoms with E-state index >= 15 is 0 Å². The summed E-state index contributed by atoms with van der Waals surface area (Å²) in [7, 11) is 0. The zero-order valence-electron chi connectivity index (χ0n) is 12.9. The first-order chi connectivity index (χ1) is 11.1. The number of H-pyrrole nitrogens is 1. The van der Waals surface area contributed by atoms with Gasteiger partial charge in [-0.1, -0.05) is 30.8 Å². The van der Waals surface area contributed by atoms with Crippen molar-refractivity contribution in [2.24, 2.45) is 0 Å². The summed E-state index contributed by atoms with van der Waals surface area (Å²) in [5.74, 6) is 0.851. The second-order valence-corrected chi connectivity index (χ2v) is 7.25. The molecule has 1 heterocycles. The van der Waals surface area contributed by atoms with E-state index in [-0.39, 0.29) is 16.9 Å². The van der Waals surface area contributed by atoms with Crippen molar-refractivity contribution in [1.29, 1.82) is 5.26 Å². The average molecular weight is 347 g/mol. The maximum atomic E-state index is 12.1. The number of aromatic nitrogens is 3. The molecule has 0 bridgehead atoms. The van der Waals surface area contributed by atoms with Gasteiger partial charge in [0.15, 0.2) is 0 Å². The Hall–Kier alpha value is -1.98. The van der Waals surface area contributed by atoms with Crippen LogP contribution in [-0.4, -0.2) is 32.1 Å². The van der Waals surface area contributed by atoms with Gasteiger partial charge >= 0.3 is 0 Å². The Morgan fingerprint density at radius 3 is 2.96 bits per heavy atom. The highest BCUT2D eigenvalue weighted by atomic mass is 32.2. The summed E-state index contributed by atoms with van der Waals surface area (Å²) in [5.41, 5.74) is 0.763. The third-order valence-electron chi connectivity index (χ3n) is 2.78. The lowest BCUT2D eigenvalue weighted by atomic mass is 10.3. The highest BCUT2D eigenvalue weighted by Crippen LogP contribution is 2.31. The molecular formula is C15H17N5OS2. The van der Waals surface area contributed by atoms with E-state index in [0.29, 0.717) is 11.6 Å². The molecule has 1 atom stereocenters. The SMILES string of the molecule is Cc1nc(SCC(=O)Nc2ccccc2S[C@H](C)CC#N)n[nH]1. The Morgan fingerprint density at radius 1 is 1.48 bits per heavy atom. The molecule has 1 aromatic carbocycles. The number of para-hydroxylation sites is 1. The predicted octanol–water partition coefficient (Wildman–Crippen LogP) is 3.24. The van der Waals surface area contributed by atoms with Crippen molar-refractivity contribution in [1.82, 2.24) is 15.2 Å². The van der Waals surface area contributed by atoms with Crippen molar-refractivity contribution in [2.75, 3.05) is 11.1 Å². The van der Waals surface area contributed by atoms with Crippen molar-refractivity contribution in [3.05, 3.63) is 30.1 Å². The zero-order valence-corrected chi connectivity index (χ0v) is 14.5. The first-order valence-corrected chi connectivity index (χ1v) is 8.89. The summed E-state index contributed by atoms with van der Waals surface area (Å²) in [5, 5.41) is 19.1. The van der Waals surface area contributed by atoms with Crippen molar-refractivity contribution in [2.45, 2.75) is 35.6 Å². The van der Waals surface area contributed by atoms with Crippen LogP contribution < -0.4 is 5.32 Å². The number of thioether (sulfide) groups is 2. The summed E-state index contributed by atoms with van der Waals surface area (Å²) < 4.78 is 0. The third kappa shape index (κ3) is 5.62. The largest absolute Gasteiger partial charge is 0.324 e. The van der Waals surface area contributed by atoms with E-state index in [9.17, 15) is 4.79 Å². The molecule has 23 heavy (non-hydrogen) atoms. The molecule has 1 amide bonds. The van der Waals surface area contributed by atoms with Gasteiger partial charge in [0, 0.05) is 16.6 Å². The second kappa shape index (κ2) is 8.60. The van der Waals surface area contributed by atoms with Crippen LogP contribution in [0.4, 0.5) is 5.69 Å². The third-order valence-corrected chi connectivity index (χ3v) is 4.80. The van der Waals surface area contributed by atoms with E-state index in [0.717, 1.165) is 16.4 Å². The van der Waals surface area contributed by atoms with Gasteiger partial charge in [-0.15, -0.1) is 16.9 Å². The van der Waals surface area contributed by atoms with Crippen molar-refractivity contribution >= 4 is 35.1 Å². The van der Waals surface area contributed by atoms with Crippen LogP contribution >= 0.6 is 23.5 Å². The van der Waals surface area contributed by atoms with E-state index in [1.165, 1.54) is 11.8 Å². The number of amides is 1. The molecule has 0 aliphatic heterocycles. The van der Waals surface area contributed by atoms with E-state index in [2.05, 4.69) is 26.6 Å². The normalized spacial score (nSPS) is 11.7. The van der Waals surface area contributed by atoms with E-state index in [4.69, 9.17) is 5.26 Å². The first-order valence-electron chi connectivity index (χ1n) is 7.02. The summed E-state index contributed by atoms with van der Waals surface area (Å²) >= 11 is 2.86. The monoisotopic (exact) mass is 347 g/mol. The number of anilines is 1. The van der Waals surface area contributed by atoms with Crippen LogP contribution in [0, 0.1) is 18.3 Å². The molecule has 0 aliphatic carbocycles. The number of hydrogen-bond acceptors (Lipinski definition) is 6. The standard InChI is InChI=1S/C15H17N5OS2/c1-10(7-8-16)23-13-6-4-3-5-12(13)18-14(21)9-22-15-17-11(2)19-20-15/h3-6,10H,7,9H2,1-2H3,(H,18,21)(H,17,19,20)/t10-/m1/s1. The number of carbonyl (C=O) groups is 1. The Labute approximate surface area is 143 Å². The topological polar surface area (TPSA) is 94.5 Å². The number of carbonyl (C=O) groups excluding carboxylic acids is 1. The number of nitrogens with zero attached hydrogens (tertiary/aromatic N) is 3. The zero-order chi connectivity index (χ0) is 16.7. The molecule has 1 aromatic heterocycles. The summed E-state index contributed by atoms with van der Waals surface area (Å²) in [4.78, 5) is 17.2. The molecule has 2 N–H and O–H groups in total. The minimum Gasteiger partial charge on any atom is -0.324 e. The second-order valence-electron chi connectivity index (χ2n) is 4.83. The molecule has 0 aliphatic rings. The van der Waals surface area contributed by atoms with Gasteiger partial charge in [0.2, 0.25) is 11.1 Å². The van der Waals surface area contributed by atoms with E-state index < -0.39 is 0 Å². The van der Waals surface area contributed by atoms with Crippen molar-refractivity contribution < 1.29 is 4.79 Å². The van der Waals surface area contributed by atoms with Crippen LogP contribution in [0.5, 0.6) is 0 Å². The van der Waals surface area contributed by atoms with Gasteiger partial charge < -0.3 is 5.32 Å². The van der Waals surface area contributed by atoms with E-state index in [1.807, 2.05) is 38.1 Å². The fourth-order valence-corrected chi connectivity index (χ4v) is 3.40. The fourth-order valence-electron chi connectivity index (χ4n) is 1.76. The van der Waals surface area contributed by atoms with E-state index in [1.54, 1.807) is 11.8 Å². The van der Waals surface area contributed by atoms with Gasteiger partial charge in [0.05, 0.1) is 17.5 Å². The average Bonchev–Trinajstić information content (AvgIpc) is 2.93. The Kier molecular flexibility index (Phi) is 6.50. The highest BCUT2D eigenvalue weighted by molar-refractivity contribution is 8.00. The lowest BCUT2D eigenvalue weighted by Crippen LogP contribution is -2.15. The molecule has 0 saturated heterocycles. The molecule has 0 saturated carbocycles. The molecular weight excluding hydrogens is 330 g/mol. The molecule has 8 heteroatoms. The number of benzene rings is 1. The summed E-state index contributed by atoms with van der Waals surface area (Å²) in [6.45, 7) is 3.81. The molecule has 0 spiro atoms. The predicted molar refractivity (Wildman–Crippen MR) is 92.5 cm³/mol. The lowest BCUT2D eigenvalue weighted by Gasteiger charge is -2.13. The van der Waals surface area contributed by atoms with Crippen molar-refractivity contribution in [3.8, 4) is 6.07 Å². The van der Waals surface area contributed by atoms with Gasteiger partial charge in [0.25, 0.3) is 0 Å². The van der Waals surface area contributed by atoms with Crippen LogP contribution in [0.2, 0.25) is 0 Å². The van der Waals surface area contributed by atoms with Gasteiger partial charge in [-0.2, -0.15) is 5.26 Å². The molecule has 6 nitrogen and oxygen atoms in total. The molecule has 120 valence electrons. The van der Waals surface area contributed by atoms with Crippen molar-refractivity contribution in [3.63, 3.8) is 0 Å². The Morgan fingerprint density at radius 2 is 2.26 bits per heavy atom. The number of hydrogen-bond donors (Lipinski definition) is 2. The number of rotatable bonds is 7. The summed E-state index contributed by atoms with van der Waals surface area (Å²) in [6, 6.07) is 9.76. The van der Waals surface area contributed by atoms with Gasteiger partial charge in [-0.25, -0.2) is 4.98 Å².